The first-order chi connectivity index (χ1) is 8.36. The van der Waals surface area contributed by atoms with E-state index < -0.39 is 5.97 Å². The van der Waals surface area contributed by atoms with Crippen LogP contribution in [-0.4, -0.2) is 23.7 Å². The summed E-state index contributed by atoms with van der Waals surface area (Å²) < 4.78 is 5.09. The van der Waals surface area contributed by atoms with Crippen LogP contribution in [0.5, 0.6) is 0 Å². The zero-order valence-electron chi connectivity index (χ0n) is 11.6. The Morgan fingerprint density at radius 1 is 1.11 bits per heavy atom. The average molecular weight is 254 g/mol. The van der Waals surface area contributed by atoms with Crippen molar-refractivity contribution in [1.82, 2.24) is 0 Å². The summed E-state index contributed by atoms with van der Waals surface area (Å²) in [5.74, 6) is -1.16. The van der Waals surface area contributed by atoms with Crippen LogP contribution in [0.4, 0.5) is 0 Å². The molecule has 18 heavy (non-hydrogen) atoms. The Morgan fingerprint density at radius 3 is 2.22 bits per heavy atom. The van der Waals surface area contributed by atoms with Gasteiger partial charge in [-0.1, -0.05) is 11.6 Å². The maximum atomic E-state index is 11.4. The first-order valence-corrected chi connectivity index (χ1v) is 6.07. The van der Waals surface area contributed by atoms with E-state index in [1.54, 1.807) is 19.9 Å². The van der Waals surface area contributed by atoms with E-state index in [1.807, 2.05) is 13.8 Å². The summed E-state index contributed by atoms with van der Waals surface area (Å²) in [5.41, 5.74) is 1.96. The molecule has 0 bridgehead atoms. The van der Waals surface area contributed by atoms with Crippen molar-refractivity contribution in [2.75, 3.05) is 6.61 Å². The van der Waals surface area contributed by atoms with Crippen LogP contribution in [0, 0.1) is 0 Å². The van der Waals surface area contributed by atoms with E-state index >= 15 is 0 Å². The predicted octanol–water partition coefficient (Wildman–Crippen LogP) is 3.09. The lowest BCUT2D eigenvalue weighted by Gasteiger charge is -2.05. The standard InChI is InChI=1S/C14H22O4/c1-10(2)12(4)14(17)18-9-7-5-6-8-11(3)13(15)16/h8H,5-7,9H2,1-4H3,(H,15,16). The number of esters is 1. The molecule has 0 fully saturated rings. The van der Waals surface area contributed by atoms with Crippen LogP contribution < -0.4 is 0 Å². The van der Waals surface area contributed by atoms with Crippen molar-refractivity contribution >= 4 is 11.9 Å². The van der Waals surface area contributed by atoms with Gasteiger partial charge in [-0.25, -0.2) is 9.59 Å². The number of allylic oxidation sites excluding steroid dienone is 2. The summed E-state index contributed by atoms with van der Waals surface area (Å²) in [6.45, 7) is 7.44. The van der Waals surface area contributed by atoms with Crippen LogP contribution in [-0.2, 0) is 14.3 Å². The summed E-state index contributed by atoms with van der Waals surface area (Å²) >= 11 is 0. The van der Waals surface area contributed by atoms with E-state index in [4.69, 9.17) is 9.84 Å². The molecule has 0 radical (unpaired) electrons. The molecule has 0 heterocycles. The molecular formula is C14H22O4. The van der Waals surface area contributed by atoms with Crippen LogP contribution in [0.2, 0.25) is 0 Å². The zero-order chi connectivity index (χ0) is 14.1. The lowest BCUT2D eigenvalue weighted by atomic mass is 10.2. The van der Waals surface area contributed by atoms with Gasteiger partial charge in [0, 0.05) is 11.1 Å². The number of rotatable bonds is 7. The number of hydrogen-bond donors (Lipinski definition) is 1. The molecule has 0 amide bonds. The van der Waals surface area contributed by atoms with Crippen LogP contribution in [0.25, 0.3) is 0 Å². The van der Waals surface area contributed by atoms with E-state index in [9.17, 15) is 9.59 Å². The molecule has 0 aliphatic rings. The fourth-order valence-corrected chi connectivity index (χ4v) is 1.13. The molecule has 4 heteroatoms. The average Bonchev–Trinajstić information content (AvgIpc) is 2.31. The number of carbonyl (C=O) groups excluding carboxylic acids is 1. The molecule has 0 atom stereocenters. The molecule has 0 saturated heterocycles. The lowest BCUT2D eigenvalue weighted by molar-refractivity contribution is -0.139. The van der Waals surface area contributed by atoms with Crippen molar-refractivity contribution < 1.29 is 19.4 Å². The Hall–Kier alpha value is -1.58. The van der Waals surface area contributed by atoms with Crippen molar-refractivity contribution in [3.8, 4) is 0 Å². The Balaban J connectivity index is 3.77. The molecule has 4 nitrogen and oxygen atoms in total. The van der Waals surface area contributed by atoms with E-state index in [0.717, 1.165) is 18.4 Å². The number of carboxylic acids is 1. The van der Waals surface area contributed by atoms with Gasteiger partial charge >= 0.3 is 11.9 Å². The van der Waals surface area contributed by atoms with E-state index in [0.29, 0.717) is 24.2 Å². The maximum absolute atomic E-state index is 11.4. The third kappa shape index (κ3) is 6.89. The van der Waals surface area contributed by atoms with Crippen LogP contribution in [0.3, 0.4) is 0 Å². The zero-order valence-corrected chi connectivity index (χ0v) is 11.6. The molecule has 0 aromatic heterocycles. The van der Waals surface area contributed by atoms with Crippen molar-refractivity contribution in [2.45, 2.75) is 47.0 Å². The van der Waals surface area contributed by atoms with Gasteiger partial charge in [0.25, 0.3) is 0 Å². The number of aliphatic carboxylic acids is 1. The first-order valence-electron chi connectivity index (χ1n) is 6.07. The summed E-state index contributed by atoms with van der Waals surface area (Å²) in [6, 6.07) is 0. The molecule has 0 aliphatic carbocycles. The fraction of sp³-hybridized carbons (Fsp3) is 0.571. The van der Waals surface area contributed by atoms with Gasteiger partial charge in [-0.15, -0.1) is 0 Å². The smallest absolute Gasteiger partial charge is 0.333 e. The van der Waals surface area contributed by atoms with Crippen molar-refractivity contribution in [3.05, 3.63) is 22.8 Å². The Labute approximate surface area is 108 Å². The summed E-state index contributed by atoms with van der Waals surface area (Å²) in [4.78, 5) is 21.9. The Kier molecular flexibility index (Phi) is 7.76. The van der Waals surface area contributed by atoms with E-state index in [-0.39, 0.29) is 5.97 Å². The number of hydrogen-bond acceptors (Lipinski definition) is 3. The highest BCUT2D eigenvalue weighted by atomic mass is 16.5. The molecule has 0 spiro atoms. The minimum Gasteiger partial charge on any atom is -0.478 e. The van der Waals surface area contributed by atoms with Crippen LogP contribution >= 0.6 is 0 Å². The van der Waals surface area contributed by atoms with Gasteiger partial charge < -0.3 is 9.84 Å². The number of carboxylic acid groups (broad SMARTS) is 1. The molecule has 0 unspecified atom stereocenters. The van der Waals surface area contributed by atoms with E-state index in [1.165, 1.54) is 0 Å². The SMILES string of the molecule is CC(=CCCCCOC(=O)C(C)=C(C)C)C(=O)O. The monoisotopic (exact) mass is 254 g/mol. The van der Waals surface area contributed by atoms with E-state index in [2.05, 4.69) is 0 Å². The molecule has 0 rings (SSSR count). The number of carbonyl (C=O) groups is 2. The van der Waals surface area contributed by atoms with Gasteiger partial charge in [-0.2, -0.15) is 0 Å². The quantitative estimate of drug-likeness (QED) is 0.431. The number of ether oxygens (including phenoxy) is 1. The fourth-order valence-electron chi connectivity index (χ4n) is 1.13. The predicted molar refractivity (Wildman–Crippen MR) is 70.3 cm³/mol. The normalized spacial score (nSPS) is 11.0. The number of unbranched alkanes of at least 4 members (excludes halogenated alkanes) is 2. The molecule has 102 valence electrons. The first kappa shape index (κ1) is 16.4. The molecule has 0 aliphatic heterocycles. The minimum atomic E-state index is -0.888. The second-order valence-corrected chi connectivity index (χ2v) is 4.45. The summed E-state index contributed by atoms with van der Waals surface area (Å²) in [6.07, 6.45) is 3.93. The summed E-state index contributed by atoms with van der Waals surface area (Å²) in [5, 5.41) is 8.63. The van der Waals surface area contributed by atoms with Crippen molar-refractivity contribution in [2.24, 2.45) is 0 Å². The summed E-state index contributed by atoms with van der Waals surface area (Å²) in [7, 11) is 0. The molecule has 1 N–H and O–H groups in total. The van der Waals surface area contributed by atoms with Gasteiger partial charge in [0.1, 0.15) is 0 Å². The molecule has 0 aromatic carbocycles. The maximum Gasteiger partial charge on any atom is 0.333 e. The highest BCUT2D eigenvalue weighted by Gasteiger charge is 2.06. The Bertz CT molecular complexity index is 360. The van der Waals surface area contributed by atoms with Crippen molar-refractivity contribution in [1.29, 1.82) is 0 Å². The van der Waals surface area contributed by atoms with Gasteiger partial charge in [0.2, 0.25) is 0 Å². The van der Waals surface area contributed by atoms with Gasteiger partial charge in [0.15, 0.2) is 0 Å². The van der Waals surface area contributed by atoms with Gasteiger partial charge in [0.05, 0.1) is 6.61 Å². The third-order valence-electron chi connectivity index (χ3n) is 2.68. The molecule has 0 aromatic rings. The van der Waals surface area contributed by atoms with Crippen LogP contribution in [0.1, 0.15) is 47.0 Å². The molecule has 0 saturated carbocycles. The Morgan fingerprint density at radius 2 is 1.72 bits per heavy atom. The van der Waals surface area contributed by atoms with Gasteiger partial charge in [-0.05, 0) is 47.0 Å². The topological polar surface area (TPSA) is 63.6 Å². The second kappa shape index (κ2) is 8.50. The second-order valence-electron chi connectivity index (χ2n) is 4.45. The van der Waals surface area contributed by atoms with Crippen molar-refractivity contribution in [3.63, 3.8) is 0 Å². The largest absolute Gasteiger partial charge is 0.478 e. The molecular weight excluding hydrogens is 232 g/mol. The van der Waals surface area contributed by atoms with Gasteiger partial charge in [-0.3, -0.25) is 0 Å². The third-order valence-corrected chi connectivity index (χ3v) is 2.68. The lowest BCUT2D eigenvalue weighted by Crippen LogP contribution is -2.08. The van der Waals surface area contributed by atoms with Crippen LogP contribution in [0.15, 0.2) is 22.8 Å². The highest BCUT2D eigenvalue weighted by molar-refractivity contribution is 5.88. The minimum absolute atomic E-state index is 0.271. The highest BCUT2D eigenvalue weighted by Crippen LogP contribution is 2.06.